The number of amides is 2. The molecule has 0 saturated heterocycles. The summed E-state index contributed by atoms with van der Waals surface area (Å²) in [5.41, 5.74) is 6.15. The van der Waals surface area contributed by atoms with Crippen molar-refractivity contribution >= 4 is 28.5 Å². The molecule has 0 unspecified atom stereocenters. The number of benzene rings is 2. The highest BCUT2D eigenvalue weighted by Crippen LogP contribution is 2.31. The van der Waals surface area contributed by atoms with Crippen LogP contribution in [0.4, 0.5) is 14.9 Å². The van der Waals surface area contributed by atoms with Crippen LogP contribution >= 0.6 is 0 Å². The van der Waals surface area contributed by atoms with Gasteiger partial charge >= 0.3 is 6.03 Å². The van der Waals surface area contributed by atoms with Crippen LogP contribution in [0.15, 0.2) is 42.5 Å². The maximum absolute atomic E-state index is 13.8. The molecule has 0 aliphatic heterocycles. The smallest absolute Gasteiger partial charge is 0.326 e. The number of nitrogens with two attached hydrogens (primary N) is 1. The van der Waals surface area contributed by atoms with Gasteiger partial charge in [0, 0.05) is 5.39 Å². The molecule has 4 N–H and O–H groups in total. The molecule has 2 aromatic carbocycles. The van der Waals surface area contributed by atoms with E-state index in [1.165, 1.54) is 12.1 Å². The zero-order valence-electron chi connectivity index (χ0n) is 12.7. The third-order valence-corrected chi connectivity index (χ3v) is 3.67. The maximum atomic E-state index is 13.8. The summed E-state index contributed by atoms with van der Waals surface area (Å²) in [7, 11) is 0. The lowest BCUT2D eigenvalue weighted by Crippen LogP contribution is -2.19. The van der Waals surface area contributed by atoms with Gasteiger partial charge in [-0.1, -0.05) is 24.3 Å². The van der Waals surface area contributed by atoms with E-state index in [0.717, 1.165) is 10.1 Å². The van der Waals surface area contributed by atoms with Gasteiger partial charge in [0.25, 0.3) is 5.91 Å². The van der Waals surface area contributed by atoms with Crippen molar-refractivity contribution in [3.63, 3.8) is 0 Å². The Bertz CT molecular complexity index is 979. The van der Waals surface area contributed by atoms with Gasteiger partial charge in [-0.25, -0.2) is 13.8 Å². The van der Waals surface area contributed by atoms with Crippen LogP contribution in [-0.2, 0) is 0 Å². The maximum Gasteiger partial charge on any atom is 0.326 e. The molecule has 1 aromatic heterocycles. The number of aryl methyl sites for hydroxylation is 1. The van der Waals surface area contributed by atoms with Gasteiger partial charge in [-0.3, -0.25) is 4.79 Å². The van der Waals surface area contributed by atoms with Gasteiger partial charge in [-0.15, -0.1) is 0 Å². The molecule has 7 heteroatoms. The van der Waals surface area contributed by atoms with Crippen molar-refractivity contribution in [2.24, 2.45) is 5.73 Å². The van der Waals surface area contributed by atoms with Crippen LogP contribution < -0.4 is 11.1 Å². The molecule has 1 heterocycles. The number of rotatable bonds is 2. The molecular weight excluding hydrogens is 313 g/mol. The molecule has 0 saturated carbocycles. The number of carbonyl (C=O) groups excluding carboxylic acids is 2. The van der Waals surface area contributed by atoms with Gasteiger partial charge in [0.15, 0.2) is 0 Å². The van der Waals surface area contributed by atoms with Gasteiger partial charge in [0.2, 0.25) is 5.88 Å². The molecule has 2 amide bonds. The summed E-state index contributed by atoms with van der Waals surface area (Å²) >= 11 is 0. The van der Waals surface area contributed by atoms with Crippen LogP contribution in [-0.4, -0.2) is 21.6 Å². The second-order valence-electron chi connectivity index (χ2n) is 5.33. The van der Waals surface area contributed by atoms with Crippen LogP contribution in [0, 0.1) is 12.7 Å². The van der Waals surface area contributed by atoms with Crippen LogP contribution in [0.25, 0.3) is 10.9 Å². The second-order valence-corrected chi connectivity index (χ2v) is 5.33. The normalized spacial score (nSPS) is 10.8. The minimum absolute atomic E-state index is 0.0182. The lowest BCUT2D eigenvalue weighted by Gasteiger charge is -2.07. The van der Waals surface area contributed by atoms with Crippen molar-refractivity contribution in [2.75, 3.05) is 5.32 Å². The fourth-order valence-electron chi connectivity index (χ4n) is 2.59. The van der Waals surface area contributed by atoms with Gasteiger partial charge in [0.1, 0.15) is 11.4 Å². The number of para-hydroxylation sites is 1. The quantitative estimate of drug-likeness (QED) is 0.675. The van der Waals surface area contributed by atoms with Crippen molar-refractivity contribution < 1.29 is 19.1 Å². The number of aromatic nitrogens is 1. The Kier molecular flexibility index (Phi) is 3.69. The first kappa shape index (κ1) is 15.5. The monoisotopic (exact) mass is 327 g/mol. The number of nitrogens with zero attached hydrogens (tertiary/aromatic N) is 1. The van der Waals surface area contributed by atoms with Crippen LogP contribution in [0.2, 0.25) is 0 Å². The van der Waals surface area contributed by atoms with E-state index in [-0.39, 0.29) is 16.8 Å². The summed E-state index contributed by atoms with van der Waals surface area (Å²) in [6, 6.07) is 9.75. The van der Waals surface area contributed by atoms with E-state index in [0.29, 0.717) is 5.39 Å². The fraction of sp³-hybridized carbons (Fsp3) is 0.0588. The van der Waals surface area contributed by atoms with Crippen molar-refractivity contribution in [3.8, 4) is 5.88 Å². The SMILES string of the molecule is Cc1ccc(F)c(NC(=O)c2c(O)n(C(N)=O)c3ccccc23)c1. The van der Waals surface area contributed by atoms with Gasteiger partial charge < -0.3 is 16.2 Å². The van der Waals surface area contributed by atoms with Crippen LogP contribution in [0.1, 0.15) is 15.9 Å². The Hall–Kier alpha value is -3.35. The zero-order chi connectivity index (χ0) is 17.4. The molecule has 0 aliphatic carbocycles. The van der Waals surface area contributed by atoms with Gasteiger partial charge in [0.05, 0.1) is 11.2 Å². The number of carbonyl (C=O) groups is 2. The molecule has 0 aliphatic rings. The lowest BCUT2D eigenvalue weighted by molar-refractivity contribution is 0.102. The molecule has 3 rings (SSSR count). The fourth-order valence-corrected chi connectivity index (χ4v) is 2.59. The Balaban J connectivity index is 2.12. The number of primary amides is 1. The molecular formula is C17H14FN3O3. The molecule has 0 atom stereocenters. The molecule has 24 heavy (non-hydrogen) atoms. The molecule has 3 aromatic rings. The predicted octanol–water partition coefficient (Wildman–Crippen LogP) is 2.97. The second kappa shape index (κ2) is 5.69. The van der Waals surface area contributed by atoms with Crippen molar-refractivity contribution in [1.29, 1.82) is 0 Å². The lowest BCUT2D eigenvalue weighted by atomic mass is 10.1. The first-order chi connectivity index (χ1) is 11.4. The third kappa shape index (κ3) is 2.45. The summed E-state index contributed by atoms with van der Waals surface area (Å²) in [5, 5.41) is 13.0. The van der Waals surface area contributed by atoms with Crippen LogP contribution in [0.3, 0.4) is 0 Å². The molecule has 6 nitrogen and oxygen atoms in total. The van der Waals surface area contributed by atoms with Crippen LogP contribution in [0.5, 0.6) is 5.88 Å². The summed E-state index contributed by atoms with van der Waals surface area (Å²) < 4.78 is 14.7. The zero-order valence-corrected chi connectivity index (χ0v) is 12.7. The first-order valence-corrected chi connectivity index (χ1v) is 7.10. The van der Waals surface area contributed by atoms with E-state index in [1.807, 2.05) is 0 Å². The number of aromatic hydroxyl groups is 1. The van der Waals surface area contributed by atoms with Gasteiger partial charge in [-0.05, 0) is 30.7 Å². The third-order valence-electron chi connectivity index (χ3n) is 3.67. The van der Waals surface area contributed by atoms with E-state index in [2.05, 4.69) is 5.32 Å². The summed E-state index contributed by atoms with van der Waals surface area (Å²) in [4.78, 5) is 24.1. The topological polar surface area (TPSA) is 97.3 Å². The van der Waals surface area contributed by atoms with E-state index in [4.69, 9.17) is 5.73 Å². The largest absolute Gasteiger partial charge is 0.494 e. The Morgan fingerprint density at radius 1 is 1.21 bits per heavy atom. The molecule has 0 radical (unpaired) electrons. The number of anilines is 1. The summed E-state index contributed by atoms with van der Waals surface area (Å²) in [5.74, 6) is -1.94. The Morgan fingerprint density at radius 2 is 1.92 bits per heavy atom. The van der Waals surface area contributed by atoms with E-state index < -0.39 is 23.6 Å². The van der Waals surface area contributed by atoms with Crippen molar-refractivity contribution in [2.45, 2.75) is 6.92 Å². The molecule has 0 spiro atoms. The minimum Gasteiger partial charge on any atom is -0.494 e. The molecule has 0 bridgehead atoms. The predicted molar refractivity (Wildman–Crippen MR) is 87.7 cm³/mol. The highest BCUT2D eigenvalue weighted by atomic mass is 19.1. The molecule has 122 valence electrons. The standard InChI is InChI=1S/C17H14FN3O3/c1-9-6-7-11(18)12(8-9)20-15(22)14-10-4-2-3-5-13(10)21(16(14)23)17(19)24/h2-8,23H,1H3,(H2,19,24)(H,20,22). The average Bonchev–Trinajstić information content (AvgIpc) is 2.82. The summed E-state index contributed by atoms with van der Waals surface area (Å²) in [6.45, 7) is 1.76. The van der Waals surface area contributed by atoms with Crippen molar-refractivity contribution in [3.05, 3.63) is 59.4 Å². The highest BCUT2D eigenvalue weighted by molar-refractivity contribution is 6.16. The molecule has 0 fully saturated rings. The van der Waals surface area contributed by atoms with E-state index in [1.54, 1.807) is 37.3 Å². The van der Waals surface area contributed by atoms with Crippen molar-refractivity contribution in [1.82, 2.24) is 4.57 Å². The Morgan fingerprint density at radius 3 is 2.62 bits per heavy atom. The summed E-state index contributed by atoms with van der Waals surface area (Å²) in [6.07, 6.45) is 0. The number of fused-ring (bicyclic) bond motifs is 1. The Labute approximate surface area is 136 Å². The number of hydrogen-bond acceptors (Lipinski definition) is 3. The van der Waals surface area contributed by atoms with E-state index in [9.17, 15) is 19.1 Å². The number of nitrogens with one attached hydrogen (secondary N) is 1. The minimum atomic E-state index is -0.926. The number of hydrogen-bond donors (Lipinski definition) is 3. The first-order valence-electron chi connectivity index (χ1n) is 7.10. The average molecular weight is 327 g/mol. The highest BCUT2D eigenvalue weighted by Gasteiger charge is 2.25. The number of halogens is 1. The van der Waals surface area contributed by atoms with Gasteiger partial charge in [-0.2, -0.15) is 0 Å². The van der Waals surface area contributed by atoms with E-state index >= 15 is 0 Å².